The van der Waals surface area contributed by atoms with Gasteiger partial charge in [0.05, 0.1) is 5.69 Å². The normalized spacial score (nSPS) is 12.5. The van der Waals surface area contributed by atoms with Gasteiger partial charge in [0, 0.05) is 31.3 Å². The number of nitrogens with zero attached hydrogens (tertiary/aromatic N) is 4. The third-order valence-electron chi connectivity index (χ3n) is 4.14. The Morgan fingerprint density at radius 3 is 2.70 bits per heavy atom. The van der Waals surface area contributed by atoms with Crippen molar-refractivity contribution in [1.29, 1.82) is 0 Å². The number of hydrogen-bond donors (Lipinski definition) is 1. The van der Waals surface area contributed by atoms with Crippen LogP contribution >= 0.6 is 0 Å². The molecule has 0 radical (unpaired) electrons. The zero-order chi connectivity index (χ0) is 19.6. The number of nitrogens with one attached hydrogen (secondary N) is 1. The van der Waals surface area contributed by atoms with E-state index < -0.39 is 5.82 Å². The third kappa shape index (κ3) is 4.21. The van der Waals surface area contributed by atoms with Crippen molar-refractivity contribution in [2.75, 3.05) is 0 Å². The van der Waals surface area contributed by atoms with Gasteiger partial charge in [-0.15, -0.1) is 10.2 Å². The lowest BCUT2D eigenvalue weighted by atomic mass is 10.0. The number of rotatable bonds is 6. The summed E-state index contributed by atoms with van der Waals surface area (Å²) >= 11 is 0. The maximum absolute atomic E-state index is 13.4. The van der Waals surface area contributed by atoms with Gasteiger partial charge in [0.2, 0.25) is 11.6 Å². The minimum Gasteiger partial charge on any atom is -0.354 e. The van der Waals surface area contributed by atoms with Gasteiger partial charge in [-0.2, -0.15) is 0 Å². The first-order chi connectivity index (χ1) is 12.8. The van der Waals surface area contributed by atoms with Crippen LogP contribution in [0.3, 0.4) is 0 Å². The molecule has 1 amide bonds. The van der Waals surface area contributed by atoms with E-state index in [2.05, 4.69) is 15.5 Å². The second-order valence-electron chi connectivity index (χ2n) is 7.00. The molecule has 0 aliphatic carbocycles. The smallest absolute Gasteiger partial charge is 0.300 e. The van der Waals surface area contributed by atoms with Crippen LogP contribution in [-0.4, -0.2) is 31.1 Å². The zero-order valence-electron chi connectivity index (χ0n) is 15.5. The first-order valence-corrected chi connectivity index (χ1v) is 8.85. The molecule has 7 nitrogen and oxygen atoms in total. The molecule has 1 aromatic carbocycles. The lowest BCUT2D eigenvalue weighted by Crippen LogP contribution is -2.31. The van der Waals surface area contributed by atoms with Crippen LogP contribution in [0.25, 0.3) is 11.3 Å². The first-order valence-electron chi connectivity index (χ1n) is 8.85. The van der Waals surface area contributed by atoms with Crippen LogP contribution < -0.4 is 10.9 Å². The number of benzene rings is 1. The summed E-state index contributed by atoms with van der Waals surface area (Å²) in [5.74, 6) is 0.217. The average molecular weight is 371 g/mol. The monoisotopic (exact) mass is 371 g/mol. The van der Waals surface area contributed by atoms with E-state index in [1.807, 2.05) is 20.8 Å². The molecule has 0 aliphatic heterocycles. The van der Waals surface area contributed by atoms with Gasteiger partial charge in [-0.3, -0.25) is 18.6 Å². The average Bonchev–Trinajstić information content (AvgIpc) is 2.98. The number of halogens is 1. The highest BCUT2D eigenvalue weighted by atomic mass is 19.1. The molecule has 0 bridgehead atoms. The van der Waals surface area contributed by atoms with Crippen molar-refractivity contribution in [3.63, 3.8) is 0 Å². The molecule has 27 heavy (non-hydrogen) atoms. The van der Waals surface area contributed by atoms with Crippen molar-refractivity contribution in [3.05, 3.63) is 58.7 Å². The molecular formula is C19H22FN5O2. The highest BCUT2D eigenvalue weighted by molar-refractivity contribution is 5.76. The molecule has 0 unspecified atom stereocenters. The van der Waals surface area contributed by atoms with Crippen molar-refractivity contribution >= 4 is 11.6 Å². The molecule has 0 spiro atoms. The van der Waals surface area contributed by atoms with Crippen LogP contribution in [0.1, 0.15) is 33.0 Å². The Hall–Kier alpha value is -3.03. The van der Waals surface area contributed by atoms with Gasteiger partial charge < -0.3 is 5.32 Å². The highest BCUT2D eigenvalue weighted by Crippen LogP contribution is 2.12. The van der Waals surface area contributed by atoms with Gasteiger partial charge in [-0.1, -0.05) is 13.0 Å². The molecule has 142 valence electrons. The van der Waals surface area contributed by atoms with E-state index >= 15 is 0 Å². The summed E-state index contributed by atoms with van der Waals surface area (Å²) in [7, 11) is 0. The first kappa shape index (κ1) is 18.8. The molecule has 0 fully saturated rings. The summed E-state index contributed by atoms with van der Waals surface area (Å²) < 4.78 is 16.4. The van der Waals surface area contributed by atoms with Crippen LogP contribution in [0.2, 0.25) is 0 Å². The molecule has 3 rings (SSSR count). The molecule has 3 aromatic rings. The van der Waals surface area contributed by atoms with E-state index in [9.17, 15) is 14.0 Å². The zero-order valence-corrected chi connectivity index (χ0v) is 15.5. The van der Waals surface area contributed by atoms with Crippen LogP contribution in [0.5, 0.6) is 0 Å². The quantitative estimate of drug-likeness (QED) is 0.720. The summed E-state index contributed by atoms with van der Waals surface area (Å²) in [5, 5.41) is 11.0. The van der Waals surface area contributed by atoms with Gasteiger partial charge in [-0.05, 0) is 38.0 Å². The SMILES string of the molecule is CC(C)NC(=O)C[C@@H](C)Cc1nnc2c(=O)n(-c3cccc(F)c3)ccn12. The Balaban J connectivity index is 1.84. The van der Waals surface area contributed by atoms with E-state index in [-0.39, 0.29) is 29.1 Å². The van der Waals surface area contributed by atoms with Crippen molar-refractivity contribution in [3.8, 4) is 5.69 Å². The summed E-state index contributed by atoms with van der Waals surface area (Å²) in [6.45, 7) is 5.78. The maximum atomic E-state index is 13.4. The lowest BCUT2D eigenvalue weighted by Gasteiger charge is -2.12. The minimum absolute atomic E-state index is 0.0141. The van der Waals surface area contributed by atoms with E-state index in [1.165, 1.54) is 16.7 Å². The Labute approximate surface area is 155 Å². The topological polar surface area (TPSA) is 81.3 Å². The number of amides is 1. The van der Waals surface area contributed by atoms with Crippen molar-refractivity contribution in [2.45, 2.75) is 39.7 Å². The molecule has 0 saturated heterocycles. The number of carbonyl (C=O) groups is 1. The van der Waals surface area contributed by atoms with Gasteiger partial charge >= 0.3 is 5.56 Å². The van der Waals surface area contributed by atoms with Crippen LogP contribution in [0.15, 0.2) is 41.5 Å². The van der Waals surface area contributed by atoms with E-state index in [0.717, 1.165) is 0 Å². The van der Waals surface area contributed by atoms with Gasteiger partial charge in [-0.25, -0.2) is 4.39 Å². The second kappa shape index (κ2) is 7.69. The van der Waals surface area contributed by atoms with Crippen molar-refractivity contribution < 1.29 is 9.18 Å². The molecule has 1 atom stereocenters. The van der Waals surface area contributed by atoms with Crippen LogP contribution in [-0.2, 0) is 11.2 Å². The van der Waals surface area contributed by atoms with Crippen LogP contribution in [0.4, 0.5) is 4.39 Å². The fraction of sp³-hybridized carbons (Fsp3) is 0.368. The predicted octanol–water partition coefficient (Wildman–Crippen LogP) is 2.11. The van der Waals surface area contributed by atoms with E-state index in [0.29, 0.717) is 24.4 Å². The third-order valence-corrected chi connectivity index (χ3v) is 4.14. The number of aromatic nitrogens is 4. The molecule has 1 N–H and O–H groups in total. The summed E-state index contributed by atoms with van der Waals surface area (Å²) in [6.07, 6.45) is 4.12. The van der Waals surface area contributed by atoms with Crippen LogP contribution in [0, 0.1) is 11.7 Å². The molecular weight excluding hydrogens is 349 g/mol. The maximum Gasteiger partial charge on any atom is 0.300 e. The largest absolute Gasteiger partial charge is 0.354 e. The summed E-state index contributed by atoms with van der Waals surface area (Å²) in [4.78, 5) is 24.6. The van der Waals surface area contributed by atoms with E-state index in [4.69, 9.17) is 0 Å². The Kier molecular flexibility index (Phi) is 5.34. The lowest BCUT2D eigenvalue weighted by molar-refractivity contribution is -0.122. The Morgan fingerprint density at radius 2 is 2.00 bits per heavy atom. The van der Waals surface area contributed by atoms with Gasteiger partial charge in [0.15, 0.2) is 0 Å². The minimum atomic E-state index is -0.421. The highest BCUT2D eigenvalue weighted by Gasteiger charge is 2.16. The number of fused-ring (bicyclic) bond motifs is 1. The molecule has 0 aliphatic rings. The standard InChI is InChI=1S/C19H22FN5O2/c1-12(2)21-17(26)10-13(3)9-16-22-23-18-19(27)24(7-8-25(16)18)15-6-4-5-14(20)11-15/h4-8,11-13H,9-10H2,1-3H3,(H,21,26)/t13-/m0/s1. The Bertz CT molecular complexity index is 1020. The number of hydrogen-bond acceptors (Lipinski definition) is 4. The molecule has 0 saturated carbocycles. The second-order valence-corrected chi connectivity index (χ2v) is 7.00. The molecule has 2 aromatic heterocycles. The van der Waals surface area contributed by atoms with Crippen molar-refractivity contribution in [2.24, 2.45) is 5.92 Å². The van der Waals surface area contributed by atoms with Gasteiger partial charge in [0.1, 0.15) is 11.6 Å². The van der Waals surface area contributed by atoms with Crippen molar-refractivity contribution in [1.82, 2.24) is 24.5 Å². The number of carbonyl (C=O) groups excluding carboxylic acids is 1. The Morgan fingerprint density at radius 1 is 1.22 bits per heavy atom. The summed E-state index contributed by atoms with van der Waals surface area (Å²) in [6, 6.07) is 5.89. The van der Waals surface area contributed by atoms with E-state index in [1.54, 1.807) is 28.9 Å². The predicted molar refractivity (Wildman–Crippen MR) is 99.3 cm³/mol. The fourth-order valence-electron chi connectivity index (χ4n) is 2.98. The van der Waals surface area contributed by atoms with Gasteiger partial charge in [0.25, 0.3) is 0 Å². The molecule has 2 heterocycles. The fourth-order valence-corrected chi connectivity index (χ4v) is 2.98. The summed E-state index contributed by atoms with van der Waals surface area (Å²) in [5.41, 5.74) is 0.202. The molecule has 8 heteroatoms.